The second kappa shape index (κ2) is 4.80. The Morgan fingerprint density at radius 2 is 2.25 bits per heavy atom. The Morgan fingerprint density at radius 1 is 1.62 bits per heavy atom. The second-order valence-electron chi connectivity index (χ2n) is 1.31. The molecule has 0 saturated carbocycles. The van der Waals surface area contributed by atoms with Gasteiger partial charge in [0.05, 0.1) is 0 Å². The van der Waals surface area contributed by atoms with E-state index < -0.39 is 0 Å². The van der Waals surface area contributed by atoms with Crippen molar-refractivity contribution in [3.63, 3.8) is 0 Å². The fraction of sp³-hybridized carbons (Fsp3) is 0.750. The van der Waals surface area contributed by atoms with E-state index in [1.807, 2.05) is 0 Å². The van der Waals surface area contributed by atoms with Gasteiger partial charge in [-0.2, -0.15) is 0 Å². The van der Waals surface area contributed by atoms with E-state index in [9.17, 15) is 0 Å². The molecule has 0 rings (SSSR count). The first-order valence-electron chi connectivity index (χ1n) is 2.35. The van der Waals surface area contributed by atoms with E-state index in [1.54, 1.807) is 0 Å². The van der Waals surface area contributed by atoms with Crippen LogP contribution in [0.4, 0.5) is 0 Å². The summed E-state index contributed by atoms with van der Waals surface area (Å²) >= 11 is 4.27. The van der Waals surface area contributed by atoms with E-state index in [-0.39, 0.29) is 11.8 Å². The van der Waals surface area contributed by atoms with Crippen LogP contribution in [0.5, 0.6) is 0 Å². The van der Waals surface area contributed by atoms with Crippen LogP contribution in [-0.2, 0) is 0 Å². The van der Waals surface area contributed by atoms with Crippen molar-refractivity contribution in [3.8, 4) is 0 Å². The number of hydrogen-bond donors (Lipinski definition) is 3. The summed E-state index contributed by atoms with van der Waals surface area (Å²) < 4.78 is 0. The predicted molar refractivity (Wildman–Crippen MR) is 34.9 cm³/mol. The third kappa shape index (κ3) is 5.65. The van der Waals surface area contributed by atoms with E-state index in [0.717, 1.165) is 0 Å². The van der Waals surface area contributed by atoms with Crippen molar-refractivity contribution < 1.29 is 10.2 Å². The lowest BCUT2D eigenvalue weighted by molar-refractivity contribution is 0.288. The molecular weight excluding hydrogens is 126 g/mol. The van der Waals surface area contributed by atoms with E-state index >= 15 is 0 Å². The largest absolute Gasteiger partial charge is 0.487 e. The van der Waals surface area contributed by atoms with Crippen LogP contribution in [0.15, 0.2) is 0 Å². The van der Waals surface area contributed by atoms with Crippen LogP contribution in [-0.4, -0.2) is 28.5 Å². The average molecular weight is 135 g/mol. The first-order chi connectivity index (χ1) is 3.77. The van der Waals surface area contributed by atoms with Gasteiger partial charge in [-0.05, 0) is 18.6 Å². The third-order valence-electron chi connectivity index (χ3n) is 0.611. The Labute approximate surface area is 53.3 Å². The predicted octanol–water partition coefficient (Wildman–Crippen LogP) is -0.199. The standard InChI is InChI=1S/C4H9NO2S/c6-3-1-2-5-4(7)8/h6H,1-3H2,(H2,5,7,8). The van der Waals surface area contributed by atoms with Crippen molar-refractivity contribution in [2.24, 2.45) is 0 Å². The summed E-state index contributed by atoms with van der Waals surface area (Å²) in [7, 11) is 0. The average Bonchev–Trinajstić information content (AvgIpc) is 1.66. The van der Waals surface area contributed by atoms with Gasteiger partial charge in [-0.3, -0.25) is 0 Å². The molecule has 4 heteroatoms. The molecule has 0 saturated heterocycles. The second-order valence-corrected chi connectivity index (χ2v) is 1.70. The van der Waals surface area contributed by atoms with Crippen LogP contribution in [0.1, 0.15) is 6.42 Å². The Morgan fingerprint density at radius 3 is 2.62 bits per heavy atom. The smallest absolute Gasteiger partial charge is 0.254 e. The van der Waals surface area contributed by atoms with Crippen molar-refractivity contribution in [2.45, 2.75) is 6.42 Å². The minimum absolute atomic E-state index is 0.121. The van der Waals surface area contributed by atoms with Crippen LogP contribution in [0, 0.1) is 0 Å². The molecule has 0 aliphatic heterocycles. The minimum atomic E-state index is -0.210. The molecule has 0 aromatic heterocycles. The van der Waals surface area contributed by atoms with E-state index in [1.165, 1.54) is 0 Å². The minimum Gasteiger partial charge on any atom is -0.487 e. The Balaban J connectivity index is 2.82. The van der Waals surface area contributed by atoms with Crippen LogP contribution in [0.25, 0.3) is 0 Å². The topological polar surface area (TPSA) is 52.5 Å². The Bertz CT molecular complexity index is 76.4. The van der Waals surface area contributed by atoms with Crippen molar-refractivity contribution >= 4 is 17.4 Å². The normalized spacial score (nSPS) is 8.62. The van der Waals surface area contributed by atoms with Gasteiger partial charge < -0.3 is 15.5 Å². The zero-order valence-electron chi connectivity index (χ0n) is 4.42. The monoisotopic (exact) mass is 135 g/mol. The Hall–Kier alpha value is -0.350. The highest BCUT2D eigenvalue weighted by Crippen LogP contribution is 1.70. The van der Waals surface area contributed by atoms with Gasteiger partial charge in [0.2, 0.25) is 0 Å². The zero-order chi connectivity index (χ0) is 6.41. The fourth-order valence-corrected chi connectivity index (χ4v) is 0.376. The quantitative estimate of drug-likeness (QED) is 0.370. The van der Waals surface area contributed by atoms with E-state index in [4.69, 9.17) is 10.2 Å². The number of nitrogens with one attached hydrogen (secondary N) is 1. The number of aliphatic hydroxyl groups is 2. The maximum atomic E-state index is 8.32. The molecule has 0 spiro atoms. The molecule has 48 valence electrons. The number of hydrogen-bond acceptors (Lipinski definition) is 2. The van der Waals surface area contributed by atoms with Gasteiger partial charge in [0.1, 0.15) is 0 Å². The molecular formula is C4H9NO2S. The molecule has 0 aromatic carbocycles. The molecule has 0 heterocycles. The van der Waals surface area contributed by atoms with Crippen molar-refractivity contribution in [1.29, 1.82) is 0 Å². The van der Waals surface area contributed by atoms with Crippen molar-refractivity contribution in [1.82, 2.24) is 5.32 Å². The molecule has 0 amide bonds. The Kier molecular flexibility index (Phi) is 4.59. The highest BCUT2D eigenvalue weighted by molar-refractivity contribution is 7.79. The number of rotatable bonds is 3. The molecule has 0 aromatic rings. The molecule has 0 radical (unpaired) electrons. The number of thiocarbonyl (C=S) groups is 1. The number of aliphatic hydroxyl groups excluding tert-OH is 2. The summed E-state index contributed by atoms with van der Waals surface area (Å²) in [5.41, 5.74) is 0. The van der Waals surface area contributed by atoms with Crippen molar-refractivity contribution in [3.05, 3.63) is 0 Å². The van der Waals surface area contributed by atoms with Gasteiger partial charge in [0.25, 0.3) is 5.17 Å². The maximum Gasteiger partial charge on any atom is 0.254 e. The van der Waals surface area contributed by atoms with Crippen molar-refractivity contribution in [2.75, 3.05) is 13.2 Å². The first-order valence-corrected chi connectivity index (χ1v) is 2.76. The van der Waals surface area contributed by atoms with Gasteiger partial charge in [0, 0.05) is 13.2 Å². The van der Waals surface area contributed by atoms with Gasteiger partial charge in [0.15, 0.2) is 0 Å². The van der Waals surface area contributed by atoms with Crippen LogP contribution < -0.4 is 5.32 Å². The summed E-state index contributed by atoms with van der Waals surface area (Å²) in [6.45, 7) is 0.654. The molecule has 0 aliphatic carbocycles. The van der Waals surface area contributed by atoms with Gasteiger partial charge in [-0.15, -0.1) is 0 Å². The van der Waals surface area contributed by atoms with E-state index in [0.29, 0.717) is 13.0 Å². The lowest BCUT2D eigenvalue weighted by Gasteiger charge is -1.97. The molecule has 0 unspecified atom stereocenters. The van der Waals surface area contributed by atoms with E-state index in [2.05, 4.69) is 17.5 Å². The lowest BCUT2D eigenvalue weighted by atomic mass is 10.5. The van der Waals surface area contributed by atoms with Crippen LogP contribution in [0.2, 0.25) is 0 Å². The van der Waals surface area contributed by atoms with Gasteiger partial charge >= 0.3 is 0 Å². The highest BCUT2D eigenvalue weighted by Gasteiger charge is 1.85. The summed E-state index contributed by atoms with van der Waals surface area (Å²) in [4.78, 5) is 0. The van der Waals surface area contributed by atoms with Gasteiger partial charge in [-0.1, -0.05) is 0 Å². The molecule has 0 bridgehead atoms. The van der Waals surface area contributed by atoms with Crippen LogP contribution in [0.3, 0.4) is 0 Å². The molecule has 0 aliphatic rings. The fourth-order valence-electron chi connectivity index (χ4n) is 0.274. The first kappa shape index (κ1) is 7.65. The molecule has 0 atom stereocenters. The summed E-state index contributed by atoms with van der Waals surface area (Å²) in [5.74, 6) is 0. The highest BCUT2D eigenvalue weighted by atomic mass is 32.1. The molecule has 3 nitrogen and oxygen atoms in total. The summed E-state index contributed by atoms with van der Waals surface area (Å²) in [6.07, 6.45) is 0.612. The maximum absolute atomic E-state index is 8.32. The molecule has 8 heavy (non-hydrogen) atoms. The molecule has 0 fully saturated rings. The van der Waals surface area contributed by atoms with Crippen LogP contribution >= 0.6 is 12.2 Å². The van der Waals surface area contributed by atoms with Gasteiger partial charge in [-0.25, -0.2) is 0 Å². The third-order valence-corrected chi connectivity index (χ3v) is 0.755. The summed E-state index contributed by atoms with van der Waals surface area (Å²) in [6, 6.07) is 0. The lowest BCUT2D eigenvalue weighted by Crippen LogP contribution is -2.22. The zero-order valence-corrected chi connectivity index (χ0v) is 5.24. The molecule has 3 N–H and O–H groups in total. The SMILES string of the molecule is OCCCNC(O)=S. The summed E-state index contributed by atoms with van der Waals surface area (Å²) in [5, 5.41) is 18.8.